The molecular formula is C12H16. The summed E-state index contributed by atoms with van der Waals surface area (Å²) in [7, 11) is 0. The molecule has 64 valence electrons. The van der Waals surface area contributed by atoms with E-state index in [0.29, 0.717) is 5.41 Å². The molecule has 1 aliphatic rings. The number of benzene rings is 1. The molecule has 1 saturated carbocycles. The van der Waals surface area contributed by atoms with Crippen LogP contribution in [0.5, 0.6) is 0 Å². The Bertz CT molecular complexity index is 282. The molecule has 0 bridgehead atoms. The minimum atomic E-state index is 0.647. The van der Waals surface area contributed by atoms with E-state index < -0.39 is 0 Å². The highest BCUT2D eigenvalue weighted by Gasteiger charge is 2.36. The summed E-state index contributed by atoms with van der Waals surface area (Å²) >= 11 is 0. The van der Waals surface area contributed by atoms with Gasteiger partial charge in [-0.3, -0.25) is 0 Å². The Kier molecular flexibility index (Phi) is 1.71. The van der Waals surface area contributed by atoms with Crippen LogP contribution in [0.1, 0.15) is 30.9 Å². The first kappa shape index (κ1) is 7.85. The van der Waals surface area contributed by atoms with Gasteiger partial charge in [0.05, 0.1) is 0 Å². The second-order valence-corrected chi connectivity index (χ2v) is 4.48. The van der Waals surface area contributed by atoms with Crippen molar-refractivity contribution in [2.24, 2.45) is 5.41 Å². The zero-order valence-corrected chi connectivity index (χ0v) is 7.93. The Hall–Kier alpha value is -0.780. The Morgan fingerprint density at radius 1 is 1.33 bits per heavy atom. The maximum absolute atomic E-state index is 2.38. The zero-order chi connectivity index (χ0) is 8.60. The molecule has 0 unspecified atom stereocenters. The molecule has 0 aliphatic heterocycles. The fourth-order valence-corrected chi connectivity index (χ4v) is 1.71. The van der Waals surface area contributed by atoms with Crippen LogP contribution in [-0.4, -0.2) is 0 Å². The predicted octanol–water partition coefficient (Wildman–Crippen LogP) is 3.34. The molecule has 0 radical (unpaired) electrons. The van der Waals surface area contributed by atoms with Gasteiger partial charge in [-0.2, -0.15) is 0 Å². The maximum Gasteiger partial charge on any atom is -0.0224 e. The highest BCUT2D eigenvalue weighted by Crippen LogP contribution is 2.47. The van der Waals surface area contributed by atoms with Crippen LogP contribution >= 0.6 is 0 Å². The van der Waals surface area contributed by atoms with Gasteiger partial charge < -0.3 is 0 Å². The molecule has 0 nitrogen and oxygen atoms in total. The third kappa shape index (κ3) is 1.69. The van der Waals surface area contributed by atoms with Crippen molar-refractivity contribution in [1.82, 2.24) is 0 Å². The first-order chi connectivity index (χ1) is 5.68. The summed E-state index contributed by atoms with van der Waals surface area (Å²) in [5.74, 6) is 0. The lowest BCUT2D eigenvalue weighted by Crippen LogP contribution is -1.98. The van der Waals surface area contributed by atoms with Crippen molar-refractivity contribution in [3.8, 4) is 0 Å². The van der Waals surface area contributed by atoms with E-state index in [0.717, 1.165) is 0 Å². The number of hydrogen-bond donors (Lipinski definition) is 0. The van der Waals surface area contributed by atoms with Crippen LogP contribution in [0.2, 0.25) is 0 Å². The van der Waals surface area contributed by atoms with Crippen molar-refractivity contribution in [3.05, 3.63) is 35.4 Å². The Balaban J connectivity index is 2.12. The van der Waals surface area contributed by atoms with Gasteiger partial charge in [-0.25, -0.2) is 0 Å². The first-order valence-electron chi connectivity index (χ1n) is 4.74. The molecular weight excluding hydrogens is 144 g/mol. The molecule has 1 aromatic rings. The van der Waals surface area contributed by atoms with Crippen molar-refractivity contribution in [2.45, 2.75) is 33.1 Å². The summed E-state index contributed by atoms with van der Waals surface area (Å²) in [6, 6.07) is 8.88. The molecule has 0 atom stereocenters. The van der Waals surface area contributed by atoms with Crippen molar-refractivity contribution < 1.29 is 0 Å². The van der Waals surface area contributed by atoms with E-state index in [2.05, 4.69) is 38.1 Å². The summed E-state index contributed by atoms with van der Waals surface area (Å²) in [6.07, 6.45) is 4.11. The first-order valence-corrected chi connectivity index (χ1v) is 4.74. The zero-order valence-electron chi connectivity index (χ0n) is 7.93. The van der Waals surface area contributed by atoms with Crippen molar-refractivity contribution in [1.29, 1.82) is 0 Å². The average Bonchev–Trinajstić information content (AvgIpc) is 2.67. The topological polar surface area (TPSA) is 0 Å². The number of aryl methyl sites for hydroxylation is 1. The van der Waals surface area contributed by atoms with Crippen LogP contribution in [0, 0.1) is 12.3 Å². The van der Waals surface area contributed by atoms with Crippen LogP contribution in [0.15, 0.2) is 24.3 Å². The SMILES string of the molecule is Cc1cccc(CC2(C)CC2)c1. The molecule has 0 spiro atoms. The third-order valence-electron chi connectivity index (χ3n) is 2.82. The number of hydrogen-bond acceptors (Lipinski definition) is 0. The fourth-order valence-electron chi connectivity index (χ4n) is 1.71. The Morgan fingerprint density at radius 2 is 2.08 bits per heavy atom. The van der Waals surface area contributed by atoms with E-state index in [1.165, 1.54) is 30.4 Å². The predicted molar refractivity (Wildman–Crippen MR) is 52.2 cm³/mol. The van der Waals surface area contributed by atoms with Gasteiger partial charge in [0.1, 0.15) is 0 Å². The molecule has 2 rings (SSSR count). The quantitative estimate of drug-likeness (QED) is 0.622. The molecule has 1 aromatic carbocycles. The molecule has 1 fully saturated rings. The van der Waals surface area contributed by atoms with Gasteiger partial charge in [-0.15, -0.1) is 0 Å². The fraction of sp³-hybridized carbons (Fsp3) is 0.500. The van der Waals surface area contributed by atoms with E-state index >= 15 is 0 Å². The molecule has 0 heterocycles. The maximum atomic E-state index is 2.38. The molecule has 12 heavy (non-hydrogen) atoms. The average molecular weight is 160 g/mol. The van der Waals surface area contributed by atoms with E-state index in [-0.39, 0.29) is 0 Å². The molecule has 0 heteroatoms. The smallest absolute Gasteiger partial charge is 0.0224 e. The van der Waals surface area contributed by atoms with E-state index in [4.69, 9.17) is 0 Å². The standard InChI is InChI=1S/C12H16/c1-10-4-3-5-11(8-10)9-12(2)6-7-12/h3-5,8H,6-7,9H2,1-2H3. The summed E-state index contributed by atoms with van der Waals surface area (Å²) in [4.78, 5) is 0. The van der Waals surface area contributed by atoms with E-state index in [9.17, 15) is 0 Å². The highest BCUT2D eigenvalue weighted by atomic mass is 14.4. The normalized spacial score (nSPS) is 19.2. The van der Waals surface area contributed by atoms with Crippen LogP contribution < -0.4 is 0 Å². The molecule has 1 aliphatic carbocycles. The molecule has 0 aromatic heterocycles. The second-order valence-electron chi connectivity index (χ2n) is 4.48. The lowest BCUT2D eigenvalue weighted by molar-refractivity contribution is 0.570. The van der Waals surface area contributed by atoms with Gasteiger partial charge in [0.2, 0.25) is 0 Å². The minimum Gasteiger partial charge on any atom is -0.0617 e. The van der Waals surface area contributed by atoms with E-state index in [1.54, 1.807) is 0 Å². The Labute approximate surface area is 74.6 Å². The van der Waals surface area contributed by atoms with Crippen molar-refractivity contribution in [2.75, 3.05) is 0 Å². The largest absolute Gasteiger partial charge is 0.0617 e. The summed E-state index contributed by atoms with van der Waals surface area (Å²) in [5.41, 5.74) is 3.54. The van der Waals surface area contributed by atoms with Gasteiger partial charge in [-0.1, -0.05) is 36.8 Å². The van der Waals surface area contributed by atoms with Crippen LogP contribution in [0.4, 0.5) is 0 Å². The highest BCUT2D eigenvalue weighted by molar-refractivity contribution is 5.24. The van der Waals surface area contributed by atoms with Crippen molar-refractivity contribution >= 4 is 0 Å². The van der Waals surface area contributed by atoms with E-state index in [1.807, 2.05) is 0 Å². The second kappa shape index (κ2) is 2.62. The van der Waals surface area contributed by atoms with Gasteiger partial charge in [0.25, 0.3) is 0 Å². The van der Waals surface area contributed by atoms with Gasteiger partial charge in [0.15, 0.2) is 0 Å². The van der Waals surface area contributed by atoms with Gasteiger partial charge in [0, 0.05) is 0 Å². The third-order valence-corrected chi connectivity index (χ3v) is 2.82. The van der Waals surface area contributed by atoms with Crippen LogP contribution in [0.25, 0.3) is 0 Å². The van der Waals surface area contributed by atoms with Gasteiger partial charge in [-0.05, 0) is 37.2 Å². The minimum absolute atomic E-state index is 0.647. The van der Waals surface area contributed by atoms with Crippen LogP contribution in [-0.2, 0) is 6.42 Å². The van der Waals surface area contributed by atoms with Crippen molar-refractivity contribution in [3.63, 3.8) is 0 Å². The number of rotatable bonds is 2. The summed E-state index contributed by atoms with van der Waals surface area (Å²) in [6.45, 7) is 4.55. The molecule has 0 saturated heterocycles. The summed E-state index contributed by atoms with van der Waals surface area (Å²) < 4.78 is 0. The molecule has 0 N–H and O–H groups in total. The monoisotopic (exact) mass is 160 g/mol. The lowest BCUT2D eigenvalue weighted by atomic mass is 9.98. The van der Waals surface area contributed by atoms with Gasteiger partial charge >= 0.3 is 0 Å². The van der Waals surface area contributed by atoms with Crippen LogP contribution in [0.3, 0.4) is 0 Å². The summed E-state index contributed by atoms with van der Waals surface area (Å²) in [5, 5.41) is 0. The lowest BCUT2D eigenvalue weighted by Gasteiger charge is -2.07. The Morgan fingerprint density at radius 3 is 2.67 bits per heavy atom. The molecule has 0 amide bonds.